The fourth-order valence-corrected chi connectivity index (χ4v) is 2.85. The van der Waals surface area contributed by atoms with Gasteiger partial charge in [-0.25, -0.2) is 0 Å². The highest BCUT2D eigenvalue weighted by molar-refractivity contribution is 5.98. The van der Waals surface area contributed by atoms with Crippen molar-refractivity contribution in [1.29, 1.82) is 10.7 Å². The maximum absolute atomic E-state index is 8.82. The van der Waals surface area contributed by atoms with Crippen LogP contribution in [-0.2, 0) is 4.84 Å². The topological polar surface area (TPSA) is 83.0 Å². The summed E-state index contributed by atoms with van der Waals surface area (Å²) >= 11 is 0. The van der Waals surface area contributed by atoms with Gasteiger partial charge in [0.25, 0.3) is 0 Å². The molecule has 2 rings (SSSR count). The fraction of sp³-hybridized carbons (Fsp3) is 0.500. The van der Waals surface area contributed by atoms with Crippen molar-refractivity contribution in [3.63, 3.8) is 0 Å². The second-order valence-corrected chi connectivity index (χ2v) is 7.44. The molecule has 134 valence electrons. The maximum Gasteiger partial charge on any atom is 0.178 e. The highest BCUT2D eigenvalue weighted by Crippen LogP contribution is 2.21. The van der Waals surface area contributed by atoms with Crippen molar-refractivity contribution in [1.82, 2.24) is 5.06 Å². The Morgan fingerprint density at radius 3 is 2.44 bits per heavy atom. The molecule has 1 aliphatic rings. The molecule has 1 heterocycles. The highest BCUT2D eigenvalue weighted by Gasteiger charge is 2.22. The predicted molar refractivity (Wildman–Crippen MR) is 99.7 cm³/mol. The third-order valence-corrected chi connectivity index (χ3v) is 3.99. The summed E-state index contributed by atoms with van der Waals surface area (Å²) in [6.07, 6.45) is 3.79. The van der Waals surface area contributed by atoms with Crippen molar-refractivity contribution in [2.45, 2.75) is 51.7 Å². The van der Waals surface area contributed by atoms with Gasteiger partial charge in [0.1, 0.15) is 0 Å². The van der Waals surface area contributed by atoms with Crippen molar-refractivity contribution in [3.05, 3.63) is 47.0 Å². The van der Waals surface area contributed by atoms with E-state index >= 15 is 0 Å². The van der Waals surface area contributed by atoms with Crippen LogP contribution in [0.2, 0.25) is 0 Å². The summed E-state index contributed by atoms with van der Waals surface area (Å²) in [6.45, 7) is 7.85. The van der Waals surface area contributed by atoms with Crippen LogP contribution in [0.25, 0.3) is 0 Å². The molecule has 1 fully saturated rings. The molecule has 1 aliphatic heterocycles. The molecular formula is C20H28N3O2+. The van der Waals surface area contributed by atoms with E-state index in [9.17, 15) is 0 Å². The second kappa shape index (κ2) is 8.39. The number of hydrogen-bond acceptors (Lipinski definition) is 4. The van der Waals surface area contributed by atoms with Crippen molar-refractivity contribution in [2.24, 2.45) is 0 Å². The van der Waals surface area contributed by atoms with Crippen molar-refractivity contribution in [2.75, 3.05) is 13.1 Å². The first-order chi connectivity index (χ1) is 11.8. The summed E-state index contributed by atoms with van der Waals surface area (Å²) < 4.78 is 0. The van der Waals surface area contributed by atoms with Crippen LogP contribution in [0.5, 0.6) is 0 Å². The van der Waals surface area contributed by atoms with E-state index in [1.165, 1.54) is 5.57 Å². The zero-order valence-electron chi connectivity index (χ0n) is 15.3. The fourth-order valence-electron chi connectivity index (χ4n) is 2.85. The lowest BCUT2D eigenvalue weighted by Gasteiger charge is -2.33. The van der Waals surface area contributed by atoms with Gasteiger partial charge in [0, 0.05) is 18.8 Å². The standard InChI is InChI=1S/C20H27N3O2/c1-20(2,3)25-23-10-8-15(9-11-23)12-18(24)13-19(22)17-6-4-16(14-21)5-7-17/h4-7,12,18,22,24H,8-11,13H2,1-3H3/p+1. The molecule has 0 spiro atoms. The van der Waals surface area contributed by atoms with Crippen LogP contribution in [0.15, 0.2) is 35.9 Å². The zero-order valence-corrected chi connectivity index (χ0v) is 15.3. The van der Waals surface area contributed by atoms with E-state index in [0.29, 0.717) is 17.7 Å². The minimum absolute atomic E-state index is 0.171. The summed E-state index contributed by atoms with van der Waals surface area (Å²) in [6, 6.07) is 9.07. The molecule has 3 N–H and O–H groups in total. The van der Waals surface area contributed by atoms with Crippen LogP contribution in [0, 0.1) is 16.7 Å². The van der Waals surface area contributed by atoms with Gasteiger partial charge in [-0.1, -0.05) is 17.7 Å². The van der Waals surface area contributed by atoms with Gasteiger partial charge in [0.2, 0.25) is 0 Å². The molecule has 0 bridgehead atoms. The van der Waals surface area contributed by atoms with Gasteiger partial charge < -0.3 is 10.5 Å². The zero-order chi connectivity index (χ0) is 18.4. The summed E-state index contributed by atoms with van der Waals surface area (Å²) in [7, 11) is 0. The minimum Gasteiger partial charge on any atom is -0.440 e. The molecule has 1 unspecified atom stereocenters. The van der Waals surface area contributed by atoms with Gasteiger partial charge in [-0.05, 0) is 57.4 Å². The van der Waals surface area contributed by atoms with E-state index in [0.717, 1.165) is 31.5 Å². The second-order valence-electron chi connectivity index (χ2n) is 7.44. The third kappa shape index (κ3) is 6.43. The average Bonchev–Trinajstić information content (AvgIpc) is 2.55. The van der Waals surface area contributed by atoms with Crippen LogP contribution in [0.3, 0.4) is 0 Å². The van der Waals surface area contributed by atoms with E-state index in [2.05, 4.69) is 6.07 Å². The van der Waals surface area contributed by atoms with Crippen LogP contribution in [0.4, 0.5) is 0 Å². The maximum atomic E-state index is 8.82. The number of nitriles is 1. The molecular weight excluding hydrogens is 314 g/mol. The minimum atomic E-state index is -0.409. The molecule has 0 radical (unpaired) electrons. The van der Waals surface area contributed by atoms with E-state index in [-0.39, 0.29) is 5.60 Å². The monoisotopic (exact) mass is 342 g/mol. The molecule has 0 aliphatic carbocycles. The van der Waals surface area contributed by atoms with Crippen molar-refractivity contribution >= 4 is 5.71 Å². The number of benzene rings is 1. The first kappa shape index (κ1) is 19.3. The number of hydroxylamine groups is 2. The van der Waals surface area contributed by atoms with Crippen LogP contribution >= 0.6 is 0 Å². The van der Waals surface area contributed by atoms with Crippen molar-refractivity contribution in [3.8, 4) is 6.07 Å². The van der Waals surface area contributed by atoms with Crippen LogP contribution in [-0.4, -0.2) is 40.7 Å². The molecule has 0 amide bonds. The lowest BCUT2D eigenvalue weighted by molar-refractivity contribution is -0.231. The molecule has 1 atom stereocenters. The quantitative estimate of drug-likeness (QED) is 0.507. The molecule has 1 aromatic rings. The molecule has 25 heavy (non-hydrogen) atoms. The summed E-state index contributed by atoms with van der Waals surface area (Å²) in [5.41, 5.74) is 2.92. The molecule has 5 heteroatoms. The van der Waals surface area contributed by atoms with Crippen LogP contribution in [0.1, 0.15) is 51.2 Å². The Morgan fingerprint density at radius 2 is 1.92 bits per heavy atom. The Kier molecular flexibility index (Phi) is 6.49. The molecule has 0 aromatic heterocycles. The number of nitrogens with one attached hydrogen (secondary N) is 1. The predicted octanol–water partition coefficient (Wildman–Crippen LogP) is 3.16. The van der Waals surface area contributed by atoms with Crippen molar-refractivity contribution < 1.29 is 9.94 Å². The highest BCUT2D eigenvalue weighted by atomic mass is 16.7. The first-order valence-electron chi connectivity index (χ1n) is 8.69. The number of nitrogens with zero attached hydrogens (tertiary/aromatic N) is 2. The Hall–Kier alpha value is -2.00. The number of piperidine rings is 1. The molecule has 0 saturated carbocycles. The Morgan fingerprint density at radius 1 is 1.32 bits per heavy atom. The third-order valence-electron chi connectivity index (χ3n) is 3.99. The lowest BCUT2D eigenvalue weighted by Crippen LogP contribution is -2.38. The molecule has 5 nitrogen and oxygen atoms in total. The van der Waals surface area contributed by atoms with Gasteiger partial charge in [0.15, 0.2) is 6.10 Å². The Balaban J connectivity index is 1.85. The Labute approximate surface area is 150 Å². The number of rotatable bonds is 5. The summed E-state index contributed by atoms with van der Waals surface area (Å²) in [5, 5.41) is 27.3. The van der Waals surface area contributed by atoms with E-state index < -0.39 is 6.10 Å². The molecule has 1 aromatic carbocycles. The summed E-state index contributed by atoms with van der Waals surface area (Å²) in [5.74, 6) is 0. The van der Waals surface area contributed by atoms with Gasteiger partial charge in [0.05, 0.1) is 23.7 Å². The lowest BCUT2D eigenvalue weighted by atomic mass is 9.98. The first-order valence-corrected chi connectivity index (χ1v) is 8.69. The summed E-state index contributed by atoms with van der Waals surface area (Å²) in [4.78, 5) is 5.88. The van der Waals surface area contributed by atoms with E-state index in [4.69, 9.17) is 20.6 Å². The molecule has 1 saturated heterocycles. The van der Waals surface area contributed by atoms with Gasteiger partial charge in [-0.15, -0.1) is 0 Å². The largest absolute Gasteiger partial charge is 0.440 e. The van der Waals surface area contributed by atoms with Gasteiger partial charge >= 0.3 is 0 Å². The van der Waals surface area contributed by atoms with Gasteiger partial charge in [-0.2, -0.15) is 10.3 Å². The number of hydrogen-bond donors (Lipinski definition) is 1. The van der Waals surface area contributed by atoms with E-state index in [1.807, 2.05) is 31.9 Å². The van der Waals surface area contributed by atoms with Crippen LogP contribution < -0.4 is 0 Å². The SMILES string of the molecule is CC(C)(C)ON1CCC(=CC([OH2+])CC(=N)c2ccc(C#N)cc2)CC1. The Bertz CT molecular complexity index is 656. The van der Waals surface area contributed by atoms with E-state index in [1.54, 1.807) is 24.3 Å². The normalized spacial score (nSPS) is 17.0. The average molecular weight is 342 g/mol. The van der Waals surface area contributed by atoms with Gasteiger partial charge in [-0.3, -0.25) is 4.84 Å². The smallest absolute Gasteiger partial charge is 0.178 e.